The molecular weight excluding hydrogens is 865 g/mol. The maximum atomic E-state index is 12.9. The molecule has 0 saturated carbocycles. The van der Waals surface area contributed by atoms with Crippen molar-refractivity contribution in [1.29, 1.82) is 0 Å². The van der Waals surface area contributed by atoms with Gasteiger partial charge in [0.25, 0.3) is 0 Å². The molecule has 70 heavy (non-hydrogen) atoms. The lowest BCUT2D eigenvalue weighted by Crippen LogP contribution is -2.30. The Morgan fingerprint density at radius 2 is 0.586 bits per heavy atom. The van der Waals surface area contributed by atoms with Crippen molar-refractivity contribution >= 4 is 17.9 Å². The molecule has 6 heteroatoms. The molecule has 0 radical (unpaired) electrons. The maximum Gasteiger partial charge on any atom is 0.306 e. The van der Waals surface area contributed by atoms with Crippen LogP contribution in [0.15, 0.2) is 72.9 Å². The van der Waals surface area contributed by atoms with Crippen molar-refractivity contribution in [1.82, 2.24) is 0 Å². The Morgan fingerprint density at radius 3 is 0.943 bits per heavy atom. The molecule has 0 aromatic heterocycles. The fourth-order valence-corrected chi connectivity index (χ4v) is 8.47. The van der Waals surface area contributed by atoms with Gasteiger partial charge in [0.2, 0.25) is 0 Å². The van der Waals surface area contributed by atoms with E-state index in [0.29, 0.717) is 19.3 Å². The van der Waals surface area contributed by atoms with Gasteiger partial charge in [-0.05, 0) is 83.5 Å². The van der Waals surface area contributed by atoms with Crippen molar-refractivity contribution in [3.63, 3.8) is 0 Å². The van der Waals surface area contributed by atoms with Crippen LogP contribution >= 0.6 is 0 Å². The molecule has 0 spiro atoms. The molecule has 0 bridgehead atoms. The van der Waals surface area contributed by atoms with Crippen molar-refractivity contribution in [3.05, 3.63) is 72.9 Å². The van der Waals surface area contributed by atoms with E-state index in [4.69, 9.17) is 14.2 Å². The Hall–Kier alpha value is -3.15. The van der Waals surface area contributed by atoms with Crippen LogP contribution in [0, 0.1) is 0 Å². The van der Waals surface area contributed by atoms with Crippen LogP contribution in [0.25, 0.3) is 0 Å². The maximum absolute atomic E-state index is 12.9. The lowest BCUT2D eigenvalue weighted by atomic mass is 10.0. The van der Waals surface area contributed by atoms with Gasteiger partial charge < -0.3 is 14.2 Å². The van der Waals surface area contributed by atoms with E-state index in [1.165, 1.54) is 135 Å². The average Bonchev–Trinajstić information content (AvgIpc) is 3.36. The first-order valence-electron chi connectivity index (χ1n) is 29.9. The zero-order chi connectivity index (χ0) is 50.7. The zero-order valence-electron chi connectivity index (χ0n) is 46.3. The fraction of sp³-hybridized carbons (Fsp3) is 0.766. The summed E-state index contributed by atoms with van der Waals surface area (Å²) in [6, 6.07) is 0. The molecule has 404 valence electrons. The highest BCUT2D eigenvalue weighted by molar-refractivity contribution is 5.71. The predicted octanol–water partition coefficient (Wildman–Crippen LogP) is 20.2. The Bertz CT molecular complexity index is 1310. The summed E-state index contributed by atoms with van der Waals surface area (Å²) in [6.45, 7) is 6.47. The topological polar surface area (TPSA) is 78.9 Å². The predicted molar refractivity (Wildman–Crippen MR) is 302 cm³/mol. The summed E-state index contributed by atoms with van der Waals surface area (Å²) in [4.78, 5) is 38.1. The van der Waals surface area contributed by atoms with Gasteiger partial charge in [-0.2, -0.15) is 0 Å². The Balaban J connectivity index is 4.30. The fourth-order valence-electron chi connectivity index (χ4n) is 8.47. The van der Waals surface area contributed by atoms with Gasteiger partial charge in [0.05, 0.1) is 0 Å². The van der Waals surface area contributed by atoms with Crippen molar-refractivity contribution < 1.29 is 28.6 Å². The van der Waals surface area contributed by atoms with Crippen LogP contribution in [0.3, 0.4) is 0 Å². The average molecular weight is 978 g/mol. The second kappa shape index (κ2) is 58.4. The first kappa shape index (κ1) is 66.9. The third kappa shape index (κ3) is 55.8. The van der Waals surface area contributed by atoms with Gasteiger partial charge in [0.1, 0.15) is 13.2 Å². The normalized spacial score (nSPS) is 12.6. The first-order chi connectivity index (χ1) is 34.5. The van der Waals surface area contributed by atoms with Crippen molar-refractivity contribution in [3.8, 4) is 0 Å². The summed E-state index contributed by atoms with van der Waals surface area (Å²) < 4.78 is 16.8. The van der Waals surface area contributed by atoms with E-state index in [1.807, 2.05) is 0 Å². The van der Waals surface area contributed by atoms with Crippen molar-refractivity contribution in [2.75, 3.05) is 13.2 Å². The summed E-state index contributed by atoms with van der Waals surface area (Å²) >= 11 is 0. The number of hydrogen-bond donors (Lipinski definition) is 0. The quantitative estimate of drug-likeness (QED) is 0.0261. The minimum absolute atomic E-state index is 0.0842. The minimum Gasteiger partial charge on any atom is -0.462 e. The highest BCUT2D eigenvalue weighted by atomic mass is 16.6. The summed E-state index contributed by atoms with van der Waals surface area (Å²) in [5.41, 5.74) is 0. The van der Waals surface area contributed by atoms with Crippen LogP contribution in [-0.2, 0) is 28.6 Å². The number of carbonyl (C=O) groups excluding carboxylic acids is 3. The standard InChI is InChI=1S/C64H112O6/c1-4-7-10-13-16-19-22-24-26-28-30-32-34-36-38-40-42-45-48-51-54-57-63(66)69-60-61(59-68-62(65)56-53-50-47-44-21-18-15-12-9-6-3)70-64(67)58-55-52-49-46-43-41-39-37-35-33-31-29-27-25-23-20-17-14-11-8-5-2/h7,10,12,15-16,19,24,26,30,32,36,38,61H,4-6,8-9,11,13-14,17-18,20-23,25,27-29,31,33-35,37,39-60H2,1-3H3/b10-7-,15-12-,19-16-,26-24-,32-30-,38-36-. The SMILES string of the molecule is CC/C=C\C/C=C\C/C=C\C/C=C\C/C=C\CCCCCCCC(=O)OCC(COC(=O)CCCCCCC/C=C\CCC)OC(=O)CCCCCCCCCCCCCCCCCCCCCCC. The van der Waals surface area contributed by atoms with Crippen LogP contribution in [0.5, 0.6) is 0 Å². The molecule has 0 rings (SSSR count). The number of rotatable bonds is 54. The van der Waals surface area contributed by atoms with Crippen LogP contribution in [-0.4, -0.2) is 37.2 Å². The lowest BCUT2D eigenvalue weighted by molar-refractivity contribution is -0.167. The number of unbranched alkanes of at least 4 members (excludes halogenated alkanes) is 31. The number of hydrogen-bond acceptors (Lipinski definition) is 6. The van der Waals surface area contributed by atoms with Crippen LogP contribution in [0.4, 0.5) is 0 Å². The van der Waals surface area contributed by atoms with E-state index >= 15 is 0 Å². The second-order valence-corrected chi connectivity index (χ2v) is 19.9. The summed E-state index contributed by atoms with van der Waals surface area (Å²) in [6.07, 6.45) is 74.8. The van der Waals surface area contributed by atoms with Gasteiger partial charge in [-0.1, -0.05) is 267 Å². The molecular formula is C64H112O6. The van der Waals surface area contributed by atoms with E-state index in [2.05, 4.69) is 93.7 Å². The molecule has 0 heterocycles. The lowest BCUT2D eigenvalue weighted by Gasteiger charge is -2.18. The summed E-state index contributed by atoms with van der Waals surface area (Å²) in [7, 11) is 0. The molecule has 0 aliphatic heterocycles. The number of allylic oxidation sites excluding steroid dienone is 12. The van der Waals surface area contributed by atoms with Gasteiger partial charge in [-0.3, -0.25) is 14.4 Å². The minimum atomic E-state index is -0.785. The molecule has 0 aromatic carbocycles. The number of ether oxygens (including phenoxy) is 3. The second-order valence-electron chi connectivity index (χ2n) is 19.9. The molecule has 0 fully saturated rings. The largest absolute Gasteiger partial charge is 0.462 e. The highest BCUT2D eigenvalue weighted by Gasteiger charge is 2.19. The molecule has 0 aliphatic carbocycles. The number of carbonyl (C=O) groups is 3. The number of esters is 3. The summed E-state index contributed by atoms with van der Waals surface area (Å²) in [5, 5.41) is 0. The van der Waals surface area contributed by atoms with Crippen LogP contribution in [0.1, 0.15) is 297 Å². The van der Waals surface area contributed by atoms with Crippen LogP contribution < -0.4 is 0 Å². The molecule has 0 aromatic rings. The molecule has 0 aliphatic rings. The molecule has 6 nitrogen and oxygen atoms in total. The van der Waals surface area contributed by atoms with Crippen molar-refractivity contribution in [2.24, 2.45) is 0 Å². The van der Waals surface area contributed by atoms with Gasteiger partial charge >= 0.3 is 17.9 Å². The Morgan fingerprint density at radius 1 is 0.300 bits per heavy atom. The molecule has 0 amide bonds. The van der Waals surface area contributed by atoms with Crippen molar-refractivity contribution in [2.45, 2.75) is 303 Å². The monoisotopic (exact) mass is 977 g/mol. The zero-order valence-corrected chi connectivity index (χ0v) is 46.3. The molecule has 1 unspecified atom stereocenters. The van der Waals surface area contributed by atoms with Gasteiger partial charge in [-0.15, -0.1) is 0 Å². The van der Waals surface area contributed by atoms with E-state index < -0.39 is 6.10 Å². The van der Waals surface area contributed by atoms with Gasteiger partial charge in [0.15, 0.2) is 6.10 Å². The summed E-state index contributed by atoms with van der Waals surface area (Å²) in [5.74, 6) is -0.902. The molecule has 0 N–H and O–H groups in total. The Kier molecular flexibility index (Phi) is 55.8. The Labute approximate surface area is 433 Å². The van der Waals surface area contributed by atoms with E-state index in [-0.39, 0.29) is 31.1 Å². The van der Waals surface area contributed by atoms with Crippen LogP contribution in [0.2, 0.25) is 0 Å². The van der Waals surface area contributed by atoms with E-state index in [9.17, 15) is 14.4 Å². The van der Waals surface area contributed by atoms with Gasteiger partial charge in [-0.25, -0.2) is 0 Å². The third-order valence-corrected chi connectivity index (χ3v) is 12.9. The smallest absolute Gasteiger partial charge is 0.306 e. The molecule has 1 atom stereocenters. The van der Waals surface area contributed by atoms with E-state index in [0.717, 1.165) is 122 Å². The molecule has 0 saturated heterocycles. The third-order valence-electron chi connectivity index (χ3n) is 12.9. The van der Waals surface area contributed by atoms with E-state index in [1.54, 1.807) is 0 Å². The highest BCUT2D eigenvalue weighted by Crippen LogP contribution is 2.17. The first-order valence-corrected chi connectivity index (χ1v) is 29.9. The van der Waals surface area contributed by atoms with Gasteiger partial charge in [0, 0.05) is 19.3 Å².